The Morgan fingerprint density at radius 3 is 2.62 bits per heavy atom. The number of thioether (sulfide) groups is 1. The Labute approximate surface area is 202 Å². The van der Waals surface area contributed by atoms with Crippen LogP contribution in [0.1, 0.15) is 31.5 Å². The molecule has 0 atom stereocenters. The van der Waals surface area contributed by atoms with Crippen LogP contribution in [0.4, 0.5) is 5.69 Å². The molecule has 2 heterocycles. The maximum atomic E-state index is 12.9. The second-order valence-electron chi connectivity index (χ2n) is 7.76. The van der Waals surface area contributed by atoms with Gasteiger partial charge < -0.3 is 10.1 Å². The van der Waals surface area contributed by atoms with Crippen LogP contribution in [0.3, 0.4) is 0 Å². The zero-order chi connectivity index (χ0) is 22.5. The van der Waals surface area contributed by atoms with Crippen LogP contribution >= 0.6 is 34.7 Å². The van der Waals surface area contributed by atoms with Gasteiger partial charge in [-0.05, 0) is 55.3 Å². The highest BCUT2D eigenvalue weighted by Crippen LogP contribution is 2.24. The molecule has 1 fully saturated rings. The Kier molecular flexibility index (Phi) is 7.73. The van der Waals surface area contributed by atoms with Gasteiger partial charge in [-0.25, -0.2) is 4.98 Å². The second kappa shape index (κ2) is 10.7. The van der Waals surface area contributed by atoms with Crippen LogP contribution in [0.15, 0.2) is 42.5 Å². The van der Waals surface area contributed by atoms with Crippen molar-refractivity contribution in [2.45, 2.75) is 27.0 Å². The molecule has 32 heavy (non-hydrogen) atoms. The maximum absolute atomic E-state index is 12.9. The molecule has 3 aromatic rings. The van der Waals surface area contributed by atoms with Crippen LogP contribution in [0.2, 0.25) is 5.02 Å². The molecule has 2 aromatic carbocycles. The summed E-state index contributed by atoms with van der Waals surface area (Å²) in [6, 6.07) is 13.5. The highest BCUT2D eigenvalue weighted by atomic mass is 35.5. The predicted octanol–water partition coefficient (Wildman–Crippen LogP) is 5.79. The van der Waals surface area contributed by atoms with Crippen LogP contribution in [0.25, 0.3) is 0 Å². The Hall–Kier alpha value is -2.06. The number of ether oxygens (including phenoxy) is 1. The minimum absolute atomic E-state index is 0.137. The summed E-state index contributed by atoms with van der Waals surface area (Å²) < 4.78 is 5.76. The lowest BCUT2D eigenvalue weighted by Crippen LogP contribution is -2.31. The third-order valence-corrected chi connectivity index (χ3v) is 7.60. The minimum atomic E-state index is -0.137. The van der Waals surface area contributed by atoms with Crippen molar-refractivity contribution in [3.8, 4) is 5.75 Å². The molecular formula is C24H26ClN3O2S2. The number of halogens is 1. The first kappa shape index (κ1) is 23.1. The molecule has 1 saturated heterocycles. The number of nitrogens with one attached hydrogen (secondary N) is 1. The highest BCUT2D eigenvalue weighted by molar-refractivity contribution is 7.99. The number of benzene rings is 2. The summed E-state index contributed by atoms with van der Waals surface area (Å²) in [6.45, 7) is 7.43. The molecule has 0 unspecified atom stereocenters. The number of hydrogen-bond acceptors (Lipinski definition) is 6. The van der Waals surface area contributed by atoms with Gasteiger partial charge in [-0.1, -0.05) is 23.7 Å². The van der Waals surface area contributed by atoms with Crippen molar-refractivity contribution in [2.24, 2.45) is 0 Å². The van der Waals surface area contributed by atoms with Gasteiger partial charge in [0.2, 0.25) is 0 Å². The first-order chi connectivity index (χ1) is 15.5. The number of carbonyl (C=O) groups is 1. The van der Waals surface area contributed by atoms with Crippen LogP contribution < -0.4 is 10.1 Å². The lowest BCUT2D eigenvalue weighted by molar-refractivity contribution is 0.102. The molecule has 5 nitrogen and oxygen atoms in total. The molecule has 168 valence electrons. The van der Waals surface area contributed by atoms with E-state index in [1.807, 2.05) is 43.8 Å². The summed E-state index contributed by atoms with van der Waals surface area (Å²) in [4.78, 5) is 20.5. The number of thiazole rings is 1. The van der Waals surface area contributed by atoms with Gasteiger partial charge in [0.15, 0.2) is 0 Å². The van der Waals surface area contributed by atoms with Crippen molar-refractivity contribution in [3.05, 3.63) is 74.2 Å². The van der Waals surface area contributed by atoms with Gasteiger partial charge in [-0.3, -0.25) is 9.69 Å². The fourth-order valence-electron chi connectivity index (χ4n) is 3.56. The van der Waals surface area contributed by atoms with Crippen molar-refractivity contribution in [2.75, 3.05) is 29.9 Å². The number of nitrogens with zero attached hydrogens (tertiary/aromatic N) is 2. The number of hydrogen-bond donors (Lipinski definition) is 1. The van der Waals surface area contributed by atoms with E-state index in [2.05, 4.69) is 27.3 Å². The SMILES string of the molecule is Cc1cc(CN2CCSCC2)ccc1NC(=O)c1sc(COc2ccc(Cl)cc2)nc1C. The number of amides is 1. The summed E-state index contributed by atoms with van der Waals surface area (Å²) >= 11 is 9.28. The summed E-state index contributed by atoms with van der Waals surface area (Å²) in [5.74, 6) is 2.98. The second-order valence-corrected chi connectivity index (χ2v) is 10.5. The Bertz CT molecular complexity index is 1080. The number of rotatable bonds is 7. The molecule has 0 radical (unpaired) electrons. The Balaban J connectivity index is 1.37. The molecule has 1 aliphatic rings. The first-order valence-electron chi connectivity index (χ1n) is 10.5. The molecule has 0 spiro atoms. The number of aromatic nitrogens is 1. The monoisotopic (exact) mass is 487 g/mol. The largest absolute Gasteiger partial charge is 0.486 e. The number of anilines is 1. The molecule has 0 bridgehead atoms. The molecule has 1 aromatic heterocycles. The van der Waals surface area contributed by atoms with E-state index in [1.165, 1.54) is 28.4 Å². The average Bonchev–Trinajstić information content (AvgIpc) is 3.16. The number of carbonyl (C=O) groups excluding carboxylic acids is 1. The van der Waals surface area contributed by atoms with Gasteiger partial charge in [0.05, 0.1) is 5.69 Å². The van der Waals surface area contributed by atoms with Gasteiger partial charge in [0.25, 0.3) is 5.91 Å². The molecule has 0 saturated carbocycles. The van der Waals surface area contributed by atoms with E-state index in [1.54, 1.807) is 12.1 Å². The lowest BCUT2D eigenvalue weighted by Gasteiger charge is -2.26. The number of aryl methyl sites for hydroxylation is 2. The normalized spacial score (nSPS) is 14.3. The predicted molar refractivity (Wildman–Crippen MR) is 134 cm³/mol. The molecule has 4 rings (SSSR count). The molecule has 8 heteroatoms. The minimum Gasteiger partial charge on any atom is -0.486 e. The fraction of sp³-hybridized carbons (Fsp3) is 0.333. The van der Waals surface area contributed by atoms with E-state index < -0.39 is 0 Å². The van der Waals surface area contributed by atoms with E-state index in [9.17, 15) is 4.79 Å². The van der Waals surface area contributed by atoms with E-state index in [4.69, 9.17) is 16.3 Å². The van der Waals surface area contributed by atoms with Gasteiger partial charge in [0, 0.05) is 41.8 Å². The molecule has 1 N–H and O–H groups in total. The van der Waals surface area contributed by atoms with E-state index in [0.29, 0.717) is 28.0 Å². The van der Waals surface area contributed by atoms with Gasteiger partial charge in [-0.15, -0.1) is 11.3 Å². The van der Waals surface area contributed by atoms with Gasteiger partial charge in [-0.2, -0.15) is 11.8 Å². The molecule has 1 amide bonds. The van der Waals surface area contributed by atoms with Crippen LogP contribution in [0, 0.1) is 13.8 Å². The first-order valence-corrected chi connectivity index (χ1v) is 12.9. The smallest absolute Gasteiger partial charge is 0.267 e. The third-order valence-electron chi connectivity index (χ3n) is 5.27. The van der Waals surface area contributed by atoms with E-state index >= 15 is 0 Å². The van der Waals surface area contributed by atoms with Crippen LogP contribution in [-0.2, 0) is 13.2 Å². The zero-order valence-electron chi connectivity index (χ0n) is 18.2. The summed E-state index contributed by atoms with van der Waals surface area (Å²) in [7, 11) is 0. The fourth-order valence-corrected chi connectivity index (χ4v) is 5.54. The van der Waals surface area contributed by atoms with E-state index in [0.717, 1.165) is 35.9 Å². The lowest BCUT2D eigenvalue weighted by atomic mass is 10.1. The van der Waals surface area contributed by atoms with Crippen molar-refractivity contribution in [1.82, 2.24) is 9.88 Å². The van der Waals surface area contributed by atoms with E-state index in [-0.39, 0.29) is 5.91 Å². The molecular weight excluding hydrogens is 462 g/mol. The Morgan fingerprint density at radius 2 is 1.91 bits per heavy atom. The third kappa shape index (κ3) is 6.04. The van der Waals surface area contributed by atoms with Gasteiger partial charge >= 0.3 is 0 Å². The van der Waals surface area contributed by atoms with Crippen molar-refractivity contribution in [1.29, 1.82) is 0 Å². The molecule has 1 aliphatic heterocycles. The summed E-state index contributed by atoms with van der Waals surface area (Å²) in [5, 5.41) is 4.47. The van der Waals surface area contributed by atoms with Crippen LogP contribution in [0.5, 0.6) is 5.75 Å². The zero-order valence-corrected chi connectivity index (χ0v) is 20.6. The molecule has 0 aliphatic carbocycles. The maximum Gasteiger partial charge on any atom is 0.267 e. The summed E-state index contributed by atoms with van der Waals surface area (Å²) in [5.41, 5.74) is 3.89. The quantitative estimate of drug-likeness (QED) is 0.457. The topological polar surface area (TPSA) is 54.5 Å². The van der Waals surface area contributed by atoms with Crippen molar-refractivity contribution >= 4 is 46.3 Å². The summed E-state index contributed by atoms with van der Waals surface area (Å²) in [6.07, 6.45) is 0. The Morgan fingerprint density at radius 1 is 1.16 bits per heavy atom. The average molecular weight is 488 g/mol. The van der Waals surface area contributed by atoms with Gasteiger partial charge in [0.1, 0.15) is 22.2 Å². The standard InChI is InChI=1S/C24H26ClN3O2S2/c1-16-13-18(14-28-9-11-31-12-10-28)3-8-21(16)27-24(29)23-17(2)26-22(32-23)15-30-20-6-4-19(25)5-7-20/h3-8,13H,9-12,14-15H2,1-2H3,(H,27,29). The van der Waals surface area contributed by atoms with Crippen molar-refractivity contribution in [3.63, 3.8) is 0 Å². The van der Waals surface area contributed by atoms with Crippen molar-refractivity contribution < 1.29 is 9.53 Å². The highest BCUT2D eigenvalue weighted by Gasteiger charge is 2.17. The van der Waals surface area contributed by atoms with Crippen LogP contribution in [-0.4, -0.2) is 40.4 Å².